The Bertz CT molecular complexity index is 437. The third kappa shape index (κ3) is 2.78. The largest absolute Gasteiger partial charge is 0.358 e. The van der Waals surface area contributed by atoms with Crippen LogP contribution in [0.2, 0.25) is 0 Å². The number of fused-ring (bicyclic) bond motifs is 1. The summed E-state index contributed by atoms with van der Waals surface area (Å²) in [7, 11) is -3.32. The molecule has 1 aliphatic heterocycles. The maximum atomic E-state index is 11.8. The fourth-order valence-corrected chi connectivity index (χ4v) is 3.56. The second-order valence-electron chi connectivity index (χ2n) is 4.38. The van der Waals surface area contributed by atoms with Crippen LogP contribution in [0.4, 0.5) is 0 Å². The summed E-state index contributed by atoms with van der Waals surface area (Å²) in [5.74, 6) is 0. The van der Waals surface area contributed by atoms with Gasteiger partial charge in [0.15, 0.2) is 0 Å². The van der Waals surface area contributed by atoms with E-state index in [1.165, 1.54) is 0 Å². The lowest BCUT2D eigenvalue weighted by atomic mass is 10.1. The first kappa shape index (κ1) is 12.8. The Morgan fingerprint density at radius 1 is 1.35 bits per heavy atom. The van der Waals surface area contributed by atoms with Crippen LogP contribution in [0.15, 0.2) is 22.6 Å². The van der Waals surface area contributed by atoms with Gasteiger partial charge in [-0.05, 0) is 19.3 Å². The molecule has 17 heavy (non-hydrogen) atoms. The molecular formula is C12H19NO3S. The highest BCUT2D eigenvalue weighted by molar-refractivity contribution is 7.94. The molecule has 0 spiro atoms. The van der Waals surface area contributed by atoms with E-state index in [0.29, 0.717) is 11.5 Å². The number of hydrogen-bond acceptors (Lipinski definition) is 3. The zero-order valence-corrected chi connectivity index (χ0v) is 10.9. The van der Waals surface area contributed by atoms with Crippen molar-refractivity contribution in [3.63, 3.8) is 0 Å². The molecule has 1 fully saturated rings. The van der Waals surface area contributed by atoms with E-state index < -0.39 is 16.3 Å². The van der Waals surface area contributed by atoms with E-state index >= 15 is 0 Å². The van der Waals surface area contributed by atoms with Crippen molar-refractivity contribution in [2.45, 2.75) is 45.3 Å². The maximum absolute atomic E-state index is 11.8. The van der Waals surface area contributed by atoms with E-state index in [9.17, 15) is 8.42 Å². The SMILES string of the molecule is CCCCCOC1NS(=O)(=O)C2=CCCC=C21. The van der Waals surface area contributed by atoms with Gasteiger partial charge in [-0.3, -0.25) is 0 Å². The van der Waals surface area contributed by atoms with Gasteiger partial charge in [0.1, 0.15) is 6.23 Å². The highest BCUT2D eigenvalue weighted by Gasteiger charge is 2.38. The van der Waals surface area contributed by atoms with Crippen LogP contribution in [-0.4, -0.2) is 21.3 Å². The number of unbranched alkanes of at least 4 members (excludes halogenated alkanes) is 2. The molecule has 1 heterocycles. The van der Waals surface area contributed by atoms with Crippen molar-refractivity contribution in [1.82, 2.24) is 4.72 Å². The standard InChI is InChI=1S/C12H19NO3S/c1-2-3-6-9-16-12-10-7-4-5-8-11(10)17(14,15)13-12/h7-8,12-13H,2-6,9H2,1H3. The minimum Gasteiger partial charge on any atom is -0.358 e. The Hall–Kier alpha value is -0.650. The summed E-state index contributed by atoms with van der Waals surface area (Å²) in [5, 5.41) is 0. The molecular weight excluding hydrogens is 238 g/mol. The second kappa shape index (κ2) is 5.33. The molecule has 96 valence electrons. The fraction of sp³-hybridized carbons (Fsp3) is 0.667. The van der Waals surface area contributed by atoms with Crippen molar-refractivity contribution in [2.75, 3.05) is 6.61 Å². The molecule has 1 aliphatic carbocycles. The lowest BCUT2D eigenvalue weighted by molar-refractivity contribution is 0.0726. The summed E-state index contributed by atoms with van der Waals surface area (Å²) < 4.78 is 31.8. The van der Waals surface area contributed by atoms with E-state index in [1.807, 2.05) is 6.08 Å². The number of hydrogen-bond donors (Lipinski definition) is 1. The van der Waals surface area contributed by atoms with Crippen molar-refractivity contribution in [3.8, 4) is 0 Å². The number of ether oxygens (including phenoxy) is 1. The summed E-state index contributed by atoms with van der Waals surface area (Å²) >= 11 is 0. The summed E-state index contributed by atoms with van der Waals surface area (Å²) in [6.45, 7) is 2.73. The predicted octanol–water partition coefficient (Wildman–Crippen LogP) is 2.06. The van der Waals surface area contributed by atoms with Gasteiger partial charge in [-0.1, -0.05) is 31.9 Å². The average molecular weight is 257 g/mol. The highest BCUT2D eigenvalue weighted by Crippen LogP contribution is 2.32. The highest BCUT2D eigenvalue weighted by atomic mass is 32.2. The van der Waals surface area contributed by atoms with Crippen LogP contribution in [0, 0.1) is 0 Å². The normalized spacial score (nSPS) is 26.3. The molecule has 0 aromatic carbocycles. The van der Waals surface area contributed by atoms with Crippen molar-refractivity contribution in [2.24, 2.45) is 0 Å². The lowest BCUT2D eigenvalue weighted by Crippen LogP contribution is -2.29. The molecule has 2 rings (SSSR count). The summed E-state index contributed by atoms with van der Waals surface area (Å²) in [6.07, 6.45) is 8.19. The van der Waals surface area contributed by atoms with Crippen molar-refractivity contribution >= 4 is 10.0 Å². The molecule has 1 atom stereocenters. The summed E-state index contributed by atoms with van der Waals surface area (Å²) in [4.78, 5) is 0.421. The molecule has 1 unspecified atom stereocenters. The van der Waals surface area contributed by atoms with Gasteiger partial charge in [0.25, 0.3) is 0 Å². The minimum atomic E-state index is -3.32. The van der Waals surface area contributed by atoms with E-state index in [4.69, 9.17) is 4.74 Å². The molecule has 1 saturated heterocycles. The van der Waals surface area contributed by atoms with E-state index in [-0.39, 0.29) is 0 Å². The molecule has 0 aromatic heterocycles. The summed E-state index contributed by atoms with van der Waals surface area (Å²) in [5.41, 5.74) is 0.799. The van der Waals surface area contributed by atoms with E-state index in [2.05, 4.69) is 11.6 Å². The van der Waals surface area contributed by atoms with Gasteiger partial charge in [0.2, 0.25) is 10.0 Å². The average Bonchev–Trinajstić information content (AvgIpc) is 2.58. The van der Waals surface area contributed by atoms with E-state index in [0.717, 1.165) is 37.7 Å². The second-order valence-corrected chi connectivity index (χ2v) is 6.07. The lowest BCUT2D eigenvalue weighted by Gasteiger charge is -2.13. The maximum Gasteiger partial charge on any atom is 0.243 e. The Labute approximate surface area is 103 Å². The molecule has 2 aliphatic rings. The van der Waals surface area contributed by atoms with Gasteiger partial charge in [0, 0.05) is 12.2 Å². The van der Waals surface area contributed by atoms with Crippen LogP contribution >= 0.6 is 0 Å². The minimum absolute atomic E-state index is 0.421. The zero-order valence-electron chi connectivity index (χ0n) is 10.1. The first-order chi connectivity index (χ1) is 8.15. The number of rotatable bonds is 5. The van der Waals surface area contributed by atoms with Gasteiger partial charge >= 0.3 is 0 Å². The Morgan fingerprint density at radius 2 is 2.12 bits per heavy atom. The Kier molecular flexibility index (Phi) is 4.01. The Balaban J connectivity index is 2.01. The molecule has 0 aromatic rings. The van der Waals surface area contributed by atoms with Crippen LogP contribution in [-0.2, 0) is 14.8 Å². The molecule has 0 bridgehead atoms. The van der Waals surface area contributed by atoms with Crippen LogP contribution in [0.5, 0.6) is 0 Å². The van der Waals surface area contributed by atoms with Crippen molar-refractivity contribution < 1.29 is 13.2 Å². The van der Waals surface area contributed by atoms with Gasteiger partial charge < -0.3 is 4.74 Å². The fourth-order valence-electron chi connectivity index (χ4n) is 2.12. The van der Waals surface area contributed by atoms with Crippen molar-refractivity contribution in [1.29, 1.82) is 0 Å². The smallest absolute Gasteiger partial charge is 0.243 e. The number of sulfonamides is 1. The molecule has 0 amide bonds. The molecule has 0 saturated carbocycles. The van der Waals surface area contributed by atoms with Crippen LogP contribution in [0.25, 0.3) is 0 Å². The van der Waals surface area contributed by atoms with Gasteiger partial charge in [-0.15, -0.1) is 0 Å². The molecule has 4 nitrogen and oxygen atoms in total. The third-order valence-corrected chi connectivity index (χ3v) is 4.52. The first-order valence-corrected chi connectivity index (χ1v) is 7.68. The predicted molar refractivity (Wildman–Crippen MR) is 66.7 cm³/mol. The van der Waals surface area contributed by atoms with Gasteiger partial charge in [-0.25, -0.2) is 8.42 Å². The summed E-state index contributed by atoms with van der Waals surface area (Å²) in [6, 6.07) is 0. The number of allylic oxidation sites excluding steroid dienone is 2. The Morgan fingerprint density at radius 3 is 2.88 bits per heavy atom. The number of nitrogens with one attached hydrogen (secondary N) is 1. The molecule has 1 N–H and O–H groups in total. The van der Waals surface area contributed by atoms with E-state index in [1.54, 1.807) is 6.08 Å². The first-order valence-electron chi connectivity index (χ1n) is 6.19. The zero-order chi connectivity index (χ0) is 12.3. The van der Waals surface area contributed by atoms with Crippen LogP contribution < -0.4 is 4.72 Å². The van der Waals surface area contributed by atoms with Gasteiger partial charge in [-0.2, -0.15) is 4.72 Å². The monoisotopic (exact) mass is 257 g/mol. The topological polar surface area (TPSA) is 55.4 Å². The van der Waals surface area contributed by atoms with Crippen molar-refractivity contribution in [3.05, 3.63) is 22.6 Å². The van der Waals surface area contributed by atoms with Crippen LogP contribution in [0.3, 0.4) is 0 Å². The molecule has 0 radical (unpaired) electrons. The van der Waals surface area contributed by atoms with Crippen LogP contribution in [0.1, 0.15) is 39.0 Å². The third-order valence-electron chi connectivity index (χ3n) is 3.01. The quantitative estimate of drug-likeness (QED) is 0.767. The molecule has 5 heteroatoms. The van der Waals surface area contributed by atoms with Gasteiger partial charge in [0.05, 0.1) is 4.91 Å².